The highest BCUT2D eigenvalue weighted by molar-refractivity contribution is 6.30. The van der Waals surface area contributed by atoms with Crippen molar-refractivity contribution in [1.82, 2.24) is 19.8 Å². The number of carbonyl (C=O) groups excluding carboxylic acids is 1. The molecule has 0 aliphatic carbocycles. The van der Waals surface area contributed by atoms with Gasteiger partial charge in [0, 0.05) is 67.1 Å². The quantitative estimate of drug-likeness (QED) is 0.255. The monoisotopic (exact) mass is 549 g/mol. The number of amides is 1. The number of carbonyl (C=O) groups is 1. The van der Waals surface area contributed by atoms with Crippen molar-refractivity contribution in [3.8, 4) is 0 Å². The number of anilines is 1. The number of H-pyrrole nitrogens is 1. The number of rotatable bonds is 13. The van der Waals surface area contributed by atoms with Crippen molar-refractivity contribution in [1.29, 1.82) is 0 Å². The summed E-state index contributed by atoms with van der Waals surface area (Å²) >= 11 is 6.37. The first-order valence-electron chi connectivity index (χ1n) is 13.8. The summed E-state index contributed by atoms with van der Waals surface area (Å²) in [7, 11) is 2.14. The van der Waals surface area contributed by atoms with Crippen LogP contribution >= 0.6 is 11.6 Å². The lowest BCUT2D eigenvalue weighted by molar-refractivity contribution is -0.127. The first kappa shape index (κ1) is 28.9. The van der Waals surface area contributed by atoms with Crippen molar-refractivity contribution >= 4 is 39.8 Å². The van der Waals surface area contributed by atoms with Gasteiger partial charge in [0.05, 0.1) is 18.5 Å². The number of ether oxygens (including phenoxy) is 1. The molecule has 39 heavy (non-hydrogen) atoms. The number of hydrogen-bond acceptors (Lipinski definition) is 5. The minimum Gasteiger partial charge on any atom is -0.380 e. The molecule has 8 heteroatoms. The predicted molar refractivity (Wildman–Crippen MR) is 161 cm³/mol. The molecule has 1 unspecified atom stereocenters. The molecule has 208 valence electrons. The summed E-state index contributed by atoms with van der Waals surface area (Å²) in [5.74, 6) is 0.0142. The summed E-state index contributed by atoms with van der Waals surface area (Å²) in [6.45, 7) is 14.4. The Balaban J connectivity index is 1.53. The molecule has 0 bridgehead atoms. The van der Waals surface area contributed by atoms with Crippen molar-refractivity contribution in [3.63, 3.8) is 0 Å². The van der Waals surface area contributed by atoms with E-state index in [1.165, 1.54) is 5.56 Å². The molecule has 0 fully saturated rings. The molecule has 4 rings (SSSR count). The second-order valence-corrected chi connectivity index (χ2v) is 10.6. The van der Waals surface area contributed by atoms with Crippen molar-refractivity contribution in [2.45, 2.75) is 52.7 Å². The van der Waals surface area contributed by atoms with Gasteiger partial charge in [-0.2, -0.15) is 0 Å². The van der Waals surface area contributed by atoms with Gasteiger partial charge in [0.1, 0.15) is 5.65 Å². The van der Waals surface area contributed by atoms with E-state index in [4.69, 9.17) is 16.3 Å². The standard InChI is InChI=1S/C31H40ClN5O2/c1-6-22(4)35(5)20-24-9-10-26(32)15-25(24)21-37-12-11-23(16-30(37)38)29-19-34-31-28(29)17-27(18-33-31)36(7-2)13-14-39-8-3/h7,9-10,15-19,22H,2,6,8,11-14,20-21H2,1,3-5H3,(H,33,34). The maximum atomic E-state index is 13.3. The van der Waals surface area contributed by atoms with Crippen LogP contribution in [0.25, 0.3) is 16.6 Å². The van der Waals surface area contributed by atoms with Crippen molar-refractivity contribution < 1.29 is 9.53 Å². The zero-order valence-corrected chi connectivity index (χ0v) is 24.3. The van der Waals surface area contributed by atoms with Crippen LogP contribution in [0.5, 0.6) is 0 Å². The Morgan fingerprint density at radius 2 is 2.10 bits per heavy atom. The average Bonchev–Trinajstić information content (AvgIpc) is 3.36. The molecule has 1 aliphatic heterocycles. The molecule has 0 saturated heterocycles. The molecule has 3 heterocycles. The van der Waals surface area contributed by atoms with Crippen LogP contribution in [0.4, 0.5) is 5.69 Å². The number of aromatic nitrogens is 2. The van der Waals surface area contributed by atoms with Crippen LogP contribution < -0.4 is 4.90 Å². The van der Waals surface area contributed by atoms with Gasteiger partial charge in [-0.3, -0.25) is 9.69 Å². The zero-order chi connectivity index (χ0) is 27.9. The van der Waals surface area contributed by atoms with Gasteiger partial charge < -0.3 is 19.5 Å². The van der Waals surface area contributed by atoms with Gasteiger partial charge in [-0.05, 0) is 74.8 Å². The Labute approximate surface area is 237 Å². The third-order valence-electron chi connectivity index (χ3n) is 7.65. The molecule has 0 saturated carbocycles. The van der Waals surface area contributed by atoms with Gasteiger partial charge in [-0.25, -0.2) is 4.98 Å². The van der Waals surface area contributed by atoms with Crippen LogP contribution in [-0.4, -0.2) is 65.1 Å². The molecular formula is C31H40ClN5O2. The molecule has 1 N–H and O–H groups in total. The normalized spacial score (nSPS) is 14.7. The smallest absolute Gasteiger partial charge is 0.247 e. The van der Waals surface area contributed by atoms with Gasteiger partial charge in [0.25, 0.3) is 0 Å². The van der Waals surface area contributed by atoms with E-state index in [0.29, 0.717) is 43.9 Å². The maximum Gasteiger partial charge on any atom is 0.247 e. The topological polar surface area (TPSA) is 64.7 Å². The van der Waals surface area contributed by atoms with Crippen molar-refractivity contribution in [2.75, 3.05) is 38.3 Å². The molecule has 7 nitrogen and oxygen atoms in total. The predicted octanol–water partition coefficient (Wildman–Crippen LogP) is 6.25. The van der Waals surface area contributed by atoms with Crippen LogP contribution in [0.3, 0.4) is 0 Å². The van der Waals surface area contributed by atoms with Gasteiger partial charge in [-0.15, -0.1) is 0 Å². The Hall–Kier alpha value is -3.13. The van der Waals surface area contributed by atoms with E-state index in [1.54, 1.807) is 12.3 Å². The molecule has 2 aromatic heterocycles. The Morgan fingerprint density at radius 1 is 1.28 bits per heavy atom. The number of benzene rings is 1. The van der Waals surface area contributed by atoms with E-state index in [9.17, 15) is 4.79 Å². The van der Waals surface area contributed by atoms with E-state index in [1.807, 2.05) is 41.2 Å². The molecule has 3 aromatic rings. The number of halogens is 1. The van der Waals surface area contributed by atoms with E-state index in [2.05, 4.69) is 54.5 Å². The number of nitrogens with zero attached hydrogens (tertiary/aromatic N) is 4. The Morgan fingerprint density at radius 3 is 2.82 bits per heavy atom. The fourth-order valence-electron chi connectivity index (χ4n) is 4.93. The van der Waals surface area contributed by atoms with Crippen molar-refractivity contribution in [2.24, 2.45) is 0 Å². The first-order valence-corrected chi connectivity index (χ1v) is 14.1. The third kappa shape index (κ3) is 6.90. The first-order chi connectivity index (χ1) is 18.8. The van der Waals surface area contributed by atoms with Crippen LogP contribution in [0.1, 0.15) is 50.3 Å². The van der Waals surface area contributed by atoms with Gasteiger partial charge in [0.2, 0.25) is 5.91 Å². The molecule has 1 aromatic carbocycles. The fraction of sp³-hybridized carbons (Fsp3) is 0.419. The summed E-state index contributed by atoms with van der Waals surface area (Å²) in [5.41, 5.74) is 6.07. The second-order valence-electron chi connectivity index (χ2n) is 10.1. The number of hydrogen-bond donors (Lipinski definition) is 1. The minimum absolute atomic E-state index is 0.0142. The summed E-state index contributed by atoms with van der Waals surface area (Å²) in [6, 6.07) is 8.60. The van der Waals surface area contributed by atoms with Crippen molar-refractivity contribution in [3.05, 3.63) is 77.2 Å². The summed E-state index contributed by atoms with van der Waals surface area (Å²) in [4.78, 5) is 27.5. The lowest BCUT2D eigenvalue weighted by Gasteiger charge is -2.29. The van der Waals surface area contributed by atoms with Crippen LogP contribution in [0, 0.1) is 0 Å². The highest BCUT2D eigenvalue weighted by Gasteiger charge is 2.23. The second kappa shape index (κ2) is 13.3. The SMILES string of the molecule is C=CN(CCOCC)c1cnc2[nH]cc(C3=CC(=O)N(Cc4cc(Cl)ccc4CN(C)C(C)CC)CC3)c2c1. The minimum atomic E-state index is 0.0142. The van der Waals surface area contributed by atoms with Crippen LogP contribution in [0.2, 0.25) is 5.02 Å². The largest absolute Gasteiger partial charge is 0.380 e. The van der Waals surface area contributed by atoms with Gasteiger partial charge in [0.15, 0.2) is 0 Å². The summed E-state index contributed by atoms with van der Waals surface area (Å²) in [6.07, 6.45) is 9.20. The number of pyridine rings is 1. The molecular weight excluding hydrogens is 510 g/mol. The Kier molecular flexibility index (Phi) is 9.83. The molecule has 0 radical (unpaired) electrons. The average molecular weight is 550 g/mol. The van der Waals surface area contributed by atoms with Crippen LogP contribution in [-0.2, 0) is 22.6 Å². The number of fused-ring (bicyclic) bond motifs is 1. The van der Waals surface area contributed by atoms with Gasteiger partial charge in [-0.1, -0.05) is 31.2 Å². The van der Waals surface area contributed by atoms with Crippen LogP contribution in [0.15, 0.2) is 55.5 Å². The van der Waals surface area contributed by atoms with E-state index >= 15 is 0 Å². The summed E-state index contributed by atoms with van der Waals surface area (Å²) in [5, 5.41) is 1.69. The maximum absolute atomic E-state index is 13.3. The van der Waals surface area contributed by atoms with E-state index in [-0.39, 0.29) is 5.91 Å². The lowest BCUT2D eigenvalue weighted by Crippen LogP contribution is -2.34. The molecule has 1 atom stereocenters. The Bertz CT molecular complexity index is 1330. The zero-order valence-electron chi connectivity index (χ0n) is 23.5. The molecule has 0 spiro atoms. The lowest BCUT2D eigenvalue weighted by atomic mass is 9.98. The van der Waals surface area contributed by atoms with E-state index in [0.717, 1.165) is 52.8 Å². The third-order valence-corrected chi connectivity index (χ3v) is 7.88. The van der Waals surface area contributed by atoms with E-state index < -0.39 is 0 Å². The molecule has 1 aliphatic rings. The fourth-order valence-corrected chi connectivity index (χ4v) is 5.13. The highest BCUT2D eigenvalue weighted by Crippen LogP contribution is 2.32. The molecule has 1 amide bonds. The highest BCUT2D eigenvalue weighted by atomic mass is 35.5. The number of nitrogens with one attached hydrogen (secondary N) is 1. The van der Waals surface area contributed by atoms with Gasteiger partial charge >= 0.3 is 0 Å². The number of aromatic amines is 1. The summed E-state index contributed by atoms with van der Waals surface area (Å²) < 4.78 is 5.51.